The Balaban J connectivity index is 1.06. The van der Waals surface area contributed by atoms with Crippen molar-refractivity contribution in [2.75, 3.05) is 0 Å². The molecule has 2 unspecified atom stereocenters. The number of hydrogen-bond acceptors (Lipinski definition) is 0. The first-order valence-electron chi connectivity index (χ1n) is 20.1. The third kappa shape index (κ3) is 5.50. The first kappa shape index (κ1) is 34.3. The molecule has 8 aromatic carbocycles. The topological polar surface area (TPSA) is 0 Å². The van der Waals surface area contributed by atoms with Gasteiger partial charge in [0, 0.05) is 22.7 Å². The summed E-state index contributed by atoms with van der Waals surface area (Å²) in [7, 11) is 0. The maximum Gasteiger partial charge on any atom is 0.0340 e. The van der Waals surface area contributed by atoms with Crippen LogP contribution in [0, 0.1) is 0 Å². The van der Waals surface area contributed by atoms with Gasteiger partial charge in [-0.1, -0.05) is 222 Å². The van der Waals surface area contributed by atoms with E-state index in [0.29, 0.717) is 0 Å². The van der Waals surface area contributed by atoms with E-state index >= 15 is 0 Å². The van der Waals surface area contributed by atoms with E-state index in [2.05, 4.69) is 222 Å². The van der Waals surface area contributed by atoms with E-state index in [1.165, 1.54) is 89.0 Å². The van der Waals surface area contributed by atoms with E-state index < -0.39 is 0 Å². The quantitative estimate of drug-likeness (QED) is 0.144. The molecule has 0 saturated carbocycles. The van der Waals surface area contributed by atoms with Crippen LogP contribution in [0.5, 0.6) is 0 Å². The Labute approximate surface area is 332 Å². The Kier molecular flexibility index (Phi) is 8.08. The fourth-order valence-electron chi connectivity index (χ4n) is 10.0. The summed E-state index contributed by atoms with van der Waals surface area (Å²) in [5.74, 6) is 0.195. The van der Waals surface area contributed by atoms with Gasteiger partial charge in [-0.2, -0.15) is 0 Å². The molecule has 0 aliphatic heterocycles. The highest BCUT2D eigenvalue weighted by Crippen LogP contribution is 2.51. The molecule has 0 radical (unpaired) electrons. The standard InChI is InChI=1S/C56H46/c1-55(2)49-27-13-11-25-45(49)47-31-29-43(35-51(47)55)53(37-17-7-5-8-18-37)41-23-15-21-39(33-41)40-22-16-24-42(34-40)54(38-19-9-6-10-20-38)44-30-32-48-46-26-12-14-28-50(46)56(3,4)52(48)36-44/h5-36,53-54H,1-4H3. The Hall–Kier alpha value is -6.24. The zero-order valence-corrected chi connectivity index (χ0v) is 32.6. The molecule has 0 nitrogen and oxygen atoms in total. The summed E-state index contributed by atoms with van der Waals surface area (Å²) in [4.78, 5) is 0. The molecule has 0 fully saturated rings. The fourth-order valence-corrected chi connectivity index (χ4v) is 10.0. The van der Waals surface area contributed by atoms with Crippen LogP contribution < -0.4 is 0 Å². The number of rotatable bonds is 7. The van der Waals surface area contributed by atoms with Crippen molar-refractivity contribution in [3.63, 3.8) is 0 Å². The highest BCUT2D eigenvalue weighted by atomic mass is 14.4. The molecule has 10 rings (SSSR count). The van der Waals surface area contributed by atoms with Crippen LogP contribution >= 0.6 is 0 Å². The second-order valence-corrected chi connectivity index (χ2v) is 16.9. The highest BCUT2D eigenvalue weighted by molar-refractivity contribution is 5.82. The fraction of sp³-hybridized carbons (Fsp3) is 0.143. The SMILES string of the molecule is CC1(C)c2ccccc2-c2ccc(C(c3ccccc3)c3cccc(-c4cccc(C(c5ccccc5)c5ccc6c(c5)C(C)(C)c5ccccc5-6)c4)c3)cc21. The van der Waals surface area contributed by atoms with Gasteiger partial charge in [0.15, 0.2) is 0 Å². The third-order valence-corrected chi connectivity index (χ3v) is 12.9. The third-order valence-electron chi connectivity index (χ3n) is 12.9. The lowest BCUT2D eigenvalue weighted by molar-refractivity contribution is 0.658. The van der Waals surface area contributed by atoms with Crippen LogP contribution in [-0.4, -0.2) is 0 Å². The second-order valence-electron chi connectivity index (χ2n) is 16.9. The maximum atomic E-state index is 2.49. The molecule has 2 aliphatic rings. The number of benzene rings is 8. The van der Waals surface area contributed by atoms with Crippen molar-refractivity contribution >= 4 is 0 Å². The van der Waals surface area contributed by atoms with Crippen LogP contribution in [0.4, 0.5) is 0 Å². The molecule has 0 aromatic heterocycles. The lowest BCUT2D eigenvalue weighted by Crippen LogP contribution is -2.15. The van der Waals surface area contributed by atoms with Gasteiger partial charge in [-0.3, -0.25) is 0 Å². The Morgan fingerprint density at radius 2 is 0.607 bits per heavy atom. The van der Waals surface area contributed by atoms with E-state index in [1.54, 1.807) is 0 Å². The summed E-state index contributed by atoms with van der Waals surface area (Å²) in [6, 6.07) is 72.9. The van der Waals surface area contributed by atoms with E-state index in [1.807, 2.05) is 0 Å². The van der Waals surface area contributed by atoms with Gasteiger partial charge < -0.3 is 0 Å². The molecule has 2 atom stereocenters. The van der Waals surface area contributed by atoms with Crippen LogP contribution in [0.2, 0.25) is 0 Å². The average Bonchev–Trinajstić information content (AvgIpc) is 3.61. The predicted octanol–water partition coefficient (Wildman–Crippen LogP) is 14.3. The van der Waals surface area contributed by atoms with Crippen molar-refractivity contribution < 1.29 is 0 Å². The molecule has 2 aliphatic carbocycles. The van der Waals surface area contributed by atoms with Crippen molar-refractivity contribution in [3.05, 3.63) is 250 Å². The van der Waals surface area contributed by atoms with Crippen LogP contribution in [0.3, 0.4) is 0 Å². The molecule has 0 heteroatoms. The molecule has 0 heterocycles. The van der Waals surface area contributed by atoms with Crippen LogP contribution in [0.15, 0.2) is 194 Å². The van der Waals surface area contributed by atoms with Gasteiger partial charge in [-0.05, 0) is 89.0 Å². The monoisotopic (exact) mass is 718 g/mol. The highest BCUT2D eigenvalue weighted by Gasteiger charge is 2.37. The minimum atomic E-state index is -0.0562. The van der Waals surface area contributed by atoms with Crippen LogP contribution in [-0.2, 0) is 10.8 Å². The van der Waals surface area contributed by atoms with Crippen molar-refractivity contribution in [3.8, 4) is 33.4 Å². The Morgan fingerprint density at radius 3 is 1.04 bits per heavy atom. The van der Waals surface area contributed by atoms with Crippen molar-refractivity contribution in [2.24, 2.45) is 0 Å². The molecule has 0 amide bonds. The van der Waals surface area contributed by atoms with Gasteiger partial charge in [0.25, 0.3) is 0 Å². The first-order chi connectivity index (χ1) is 27.3. The summed E-state index contributed by atoms with van der Waals surface area (Å²) in [5.41, 5.74) is 21.3. The van der Waals surface area contributed by atoms with E-state index in [9.17, 15) is 0 Å². The Morgan fingerprint density at radius 1 is 0.268 bits per heavy atom. The summed E-state index contributed by atoms with van der Waals surface area (Å²) < 4.78 is 0. The molecule has 8 aromatic rings. The molecule has 0 bridgehead atoms. The second kappa shape index (κ2) is 13.2. The summed E-state index contributed by atoms with van der Waals surface area (Å²) >= 11 is 0. The van der Waals surface area contributed by atoms with E-state index in [-0.39, 0.29) is 22.7 Å². The Bertz CT molecular complexity index is 2560. The molecule has 270 valence electrons. The average molecular weight is 719 g/mol. The first-order valence-corrected chi connectivity index (χ1v) is 20.1. The normalized spacial score (nSPS) is 15.3. The lowest BCUT2D eigenvalue weighted by Gasteiger charge is -2.25. The zero-order chi connectivity index (χ0) is 38.0. The zero-order valence-electron chi connectivity index (χ0n) is 32.6. The van der Waals surface area contributed by atoms with E-state index in [0.717, 1.165) is 0 Å². The number of hydrogen-bond donors (Lipinski definition) is 0. The van der Waals surface area contributed by atoms with Crippen molar-refractivity contribution in [2.45, 2.75) is 50.4 Å². The van der Waals surface area contributed by atoms with Gasteiger partial charge in [-0.15, -0.1) is 0 Å². The molecule has 0 N–H and O–H groups in total. The van der Waals surface area contributed by atoms with Gasteiger partial charge in [0.1, 0.15) is 0 Å². The largest absolute Gasteiger partial charge is 0.0622 e. The van der Waals surface area contributed by atoms with Gasteiger partial charge >= 0.3 is 0 Å². The summed E-state index contributed by atoms with van der Waals surface area (Å²) in [5, 5.41) is 0. The molecular weight excluding hydrogens is 673 g/mol. The summed E-state index contributed by atoms with van der Waals surface area (Å²) in [6.07, 6.45) is 0. The minimum absolute atomic E-state index is 0.0562. The van der Waals surface area contributed by atoms with Crippen molar-refractivity contribution in [1.82, 2.24) is 0 Å². The van der Waals surface area contributed by atoms with Crippen LogP contribution in [0.25, 0.3) is 33.4 Å². The van der Waals surface area contributed by atoms with Gasteiger partial charge in [0.05, 0.1) is 0 Å². The van der Waals surface area contributed by atoms with Crippen LogP contribution in [0.1, 0.15) is 95.2 Å². The molecule has 0 saturated heterocycles. The lowest BCUT2D eigenvalue weighted by atomic mass is 9.78. The van der Waals surface area contributed by atoms with Gasteiger partial charge in [0.2, 0.25) is 0 Å². The predicted molar refractivity (Wildman–Crippen MR) is 235 cm³/mol. The number of fused-ring (bicyclic) bond motifs is 6. The maximum absolute atomic E-state index is 2.49. The molecule has 56 heavy (non-hydrogen) atoms. The minimum Gasteiger partial charge on any atom is -0.0622 e. The molecular formula is C56H46. The molecule has 0 spiro atoms. The summed E-state index contributed by atoms with van der Waals surface area (Å²) in [6.45, 7) is 9.49. The smallest absolute Gasteiger partial charge is 0.0340 e. The van der Waals surface area contributed by atoms with E-state index in [4.69, 9.17) is 0 Å². The van der Waals surface area contributed by atoms with Crippen molar-refractivity contribution in [1.29, 1.82) is 0 Å². The van der Waals surface area contributed by atoms with Gasteiger partial charge in [-0.25, -0.2) is 0 Å².